The van der Waals surface area contributed by atoms with Gasteiger partial charge in [-0.2, -0.15) is 0 Å². The van der Waals surface area contributed by atoms with Crippen molar-refractivity contribution in [1.82, 2.24) is 0 Å². The number of carbonyl (C=O) groups excluding carboxylic acids is 1. The van der Waals surface area contributed by atoms with E-state index in [-0.39, 0.29) is 17.9 Å². The van der Waals surface area contributed by atoms with E-state index in [9.17, 15) is 20.1 Å². The molecule has 0 bridgehead atoms. The summed E-state index contributed by atoms with van der Waals surface area (Å²) in [5.74, 6) is -0.294. The number of hydrogen-bond donors (Lipinski definition) is 3. The van der Waals surface area contributed by atoms with Crippen molar-refractivity contribution >= 4 is 5.97 Å². The second-order valence-corrected chi connectivity index (χ2v) is 11.9. The molecule has 0 unspecified atom stereocenters. The largest absolute Gasteiger partial charge is 0.465 e. The number of carbonyl (C=O) groups is 1. The highest BCUT2D eigenvalue weighted by Crippen LogP contribution is 2.59. The second-order valence-electron chi connectivity index (χ2n) is 11.9. The molecule has 0 aromatic rings. The maximum absolute atomic E-state index is 12.9. The maximum Gasteiger partial charge on any atom is 0.315 e. The fourth-order valence-electron chi connectivity index (χ4n) is 7.03. The number of allylic oxidation sites excluding steroid dienone is 4. The van der Waals surface area contributed by atoms with Crippen LogP contribution in [0.25, 0.3) is 0 Å². The molecule has 0 aromatic heterocycles. The number of fused-ring (bicyclic) bond motifs is 1. The highest BCUT2D eigenvalue weighted by molar-refractivity contribution is 5.81. The Kier molecular flexibility index (Phi) is 7.27. The van der Waals surface area contributed by atoms with Crippen molar-refractivity contribution in [3.8, 4) is 0 Å². The molecule has 5 heteroatoms. The summed E-state index contributed by atoms with van der Waals surface area (Å²) in [6, 6.07) is 0. The van der Waals surface area contributed by atoms with Crippen molar-refractivity contribution in [2.45, 2.75) is 110 Å². The van der Waals surface area contributed by atoms with Gasteiger partial charge in [0.1, 0.15) is 0 Å². The number of hydrogen-bond acceptors (Lipinski definition) is 5. The van der Waals surface area contributed by atoms with Crippen molar-refractivity contribution in [3.05, 3.63) is 47.6 Å². The van der Waals surface area contributed by atoms with Crippen LogP contribution in [0.3, 0.4) is 0 Å². The van der Waals surface area contributed by atoms with Crippen molar-refractivity contribution in [2.75, 3.05) is 6.61 Å². The minimum absolute atomic E-state index is 0.0272. The van der Waals surface area contributed by atoms with Gasteiger partial charge in [-0.3, -0.25) is 4.79 Å². The van der Waals surface area contributed by atoms with E-state index in [1.807, 2.05) is 19.1 Å². The molecule has 0 radical (unpaired) electrons. The van der Waals surface area contributed by atoms with Crippen LogP contribution in [0.15, 0.2) is 47.6 Å². The molecular weight excluding hydrogens is 464 g/mol. The standard InChI is InChI=1S/C32H48O5/c1-5-6-18-37-30(36)32(16-17-32)29(35)14-9-21(2)26-12-13-27-23(8-7-15-31(26,27)4)10-11-24-19-25(33)20-28(34)22(24)3/h9-11,14,21,25-29,33-35H,3,5-8,12-13,15-20H2,1-2,4H3/b14-9+,23-10+,24-11-/t21-,25-,26-,27+,28+,29-,31-/m1/s1/i16D2,17D2. The van der Waals surface area contributed by atoms with Crippen molar-refractivity contribution in [1.29, 1.82) is 0 Å². The molecular formula is C32H48O5. The van der Waals surface area contributed by atoms with E-state index in [1.54, 1.807) is 0 Å². The Morgan fingerprint density at radius 3 is 2.73 bits per heavy atom. The van der Waals surface area contributed by atoms with Gasteiger partial charge in [-0.05, 0) is 92.0 Å². The minimum atomic E-state index is -2.53. The molecule has 4 rings (SSSR count). The molecule has 206 valence electrons. The predicted octanol–water partition coefficient (Wildman–Crippen LogP) is 5.80. The zero-order chi connectivity index (χ0) is 30.4. The third kappa shape index (κ3) is 5.84. The van der Waals surface area contributed by atoms with Gasteiger partial charge in [-0.15, -0.1) is 0 Å². The maximum atomic E-state index is 12.9. The first-order chi connectivity index (χ1) is 19.2. The predicted molar refractivity (Wildman–Crippen MR) is 147 cm³/mol. The van der Waals surface area contributed by atoms with Crippen LogP contribution in [-0.4, -0.2) is 46.2 Å². The normalized spacial score (nSPS) is 41.4. The van der Waals surface area contributed by atoms with Crippen LogP contribution in [-0.2, 0) is 9.53 Å². The van der Waals surface area contributed by atoms with Crippen molar-refractivity contribution < 1.29 is 30.3 Å². The number of ether oxygens (including phenoxy) is 1. The summed E-state index contributed by atoms with van der Waals surface area (Å²) >= 11 is 0. The van der Waals surface area contributed by atoms with Gasteiger partial charge in [-0.1, -0.05) is 63.6 Å². The van der Waals surface area contributed by atoms with Crippen LogP contribution in [0.2, 0.25) is 0 Å². The molecule has 3 N–H and O–H groups in total. The molecule has 5 nitrogen and oxygen atoms in total. The Labute approximate surface area is 229 Å². The van der Waals surface area contributed by atoms with Gasteiger partial charge in [-0.25, -0.2) is 0 Å². The van der Waals surface area contributed by atoms with Gasteiger partial charge in [0.15, 0.2) is 0 Å². The molecule has 0 saturated heterocycles. The SMILES string of the molecule is [2H]C1([2H])C([2H])([2H])C1(C(=O)OCCCC)[C@H](O)/C=C/[C@@H](C)[C@H]1CC[C@H]2/C(=C/C=C3/C[C@@H](O)C[C@H](O)C3=C)CCC[C@]12C. The van der Waals surface area contributed by atoms with E-state index in [1.165, 1.54) is 11.6 Å². The van der Waals surface area contributed by atoms with Gasteiger partial charge < -0.3 is 20.1 Å². The summed E-state index contributed by atoms with van der Waals surface area (Å²) in [7, 11) is 0. The lowest BCUT2D eigenvalue weighted by Crippen LogP contribution is -2.36. The Morgan fingerprint density at radius 1 is 1.27 bits per heavy atom. The average Bonchev–Trinajstić information content (AvgIpc) is 3.11. The topological polar surface area (TPSA) is 87.0 Å². The first kappa shape index (κ1) is 23.2. The van der Waals surface area contributed by atoms with Gasteiger partial charge in [0.2, 0.25) is 0 Å². The minimum Gasteiger partial charge on any atom is -0.465 e. The number of aliphatic hydroxyl groups is 3. The summed E-state index contributed by atoms with van der Waals surface area (Å²) < 4.78 is 38.1. The zero-order valence-electron chi connectivity index (χ0n) is 26.7. The molecule has 37 heavy (non-hydrogen) atoms. The highest BCUT2D eigenvalue weighted by Gasteiger charge is 2.56. The van der Waals surface area contributed by atoms with E-state index in [0.29, 0.717) is 36.7 Å². The lowest BCUT2D eigenvalue weighted by Gasteiger charge is -2.44. The van der Waals surface area contributed by atoms with E-state index < -0.39 is 42.4 Å². The first-order valence-corrected chi connectivity index (χ1v) is 14.1. The number of esters is 1. The third-order valence-electron chi connectivity index (χ3n) is 9.42. The van der Waals surface area contributed by atoms with Crippen LogP contribution < -0.4 is 0 Å². The summed E-state index contributed by atoms with van der Waals surface area (Å²) in [6.45, 7) is 10.4. The molecule has 0 aromatic carbocycles. The van der Waals surface area contributed by atoms with Crippen LogP contribution in [0.1, 0.15) is 96.8 Å². The molecule has 4 aliphatic rings. The van der Waals surface area contributed by atoms with Crippen LogP contribution in [0.5, 0.6) is 0 Å². The van der Waals surface area contributed by atoms with Crippen LogP contribution in [0, 0.1) is 28.6 Å². The summed E-state index contributed by atoms with van der Waals surface area (Å²) in [6.07, 6.45) is 6.80. The second kappa shape index (κ2) is 11.6. The fourth-order valence-corrected chi connectivity index (χ4v) is 7.03. The Hall–Kier alpha value is -1.69. The number of rotatable bonds is 9. The molecule has 7 atom stereocenters. The highest BCUT2D eigenvalue weighted by atomic mass is 16.5. The fraction of sp³-hybridized carbons (Fsp3) is 0.719. The summed E-state index contributed by atoms with van der Waals surface area (Å²) in [5.41, 5.74) is 0.714. The first-order valence-electron chi connectivity index (χ1n) is 16.1. The zero-order valence-corrected chi connectivity index (χ0v) is 22.7. The monoisotopic (exact) mass is 516 g/mol. The molecule has 4 aliphatic carbocycles. The van der Waals surface area contributed by atoms with Crippen LogP contribution in [0.4, 0.5) is 0 Å². The summed E-state index contributed by atoms with van der Waals surface area (Å²) in [4.78, 5) is 12.9. The van der Waals surface area contributed by atoms with Gasteiger partial charge in [0.25, 0.3) is 0 Å². The van der Waals surface area contributed by atoms with Crippen molar-refractivity contribution in [2.24, 2.45) is 28.6 Å². The Morgan fingerprint density at radius 2 is 2.03 bits per heavy atom. The smallest absolute Gasteiger partial charge is 0.315 e. The van der Waals surface area contributed by atoms with E-state index in [4.69, 9.17) is 10.2 Å². The lowest BCUT2D eigenvalue weighted by molar-refractivity contribution is -0.153. The van der Waals surface area contributed by atoms with Crippen molar-refractivity contribution in [3.63, 3.8) is 0 Å². The van der Waals surface area contributed by atoms with E-state index in [0.717, 1.165) is 44.1 Å². The summed E-state index contributed by atoms with van der Waals surface area (Å²) in [5, 5.41) is 31.4. The molecule has 0 amide bonds. The number of aliphatic hydroxyl groups excluding tert-OH is 3. The lowest BCUT2D eigenvalue weighted by atomic mass is 9.61. The quantitative estimate of drug-likeness (QED) is 0.205. The molecule has 0 aliphatic heterocycles. The van der Waals surface area contributed by atoms with Gasteiger partial charge in [0, 0.05) is 11.9 Å². The third-order valence-corrected chi connectivity index (χ3v) is 9.42. The number of unbranched alkanes of at least 4 members (excludes halogenated alkanes) is 1. The van der Waals surface area contributed by atoms with Crippen LogP contribution >= 0.6 is 0 Å². The molecule has 0 heterocycles. The van der Waals surface area contributed by atoms with E-state index >= 15 is 0 Å². The average molecular weight is 517 g/mol. The molecule has 4 saturated carbocycles. The molecule has 0 spiro atoms. The van der Waals surface area contributed by atoms with E-state index in [2.05, 4.69) is 26.5 Å². The molecule has 4 fully saturated rings. The Balaban J connectivity index is 1.50. The Bertz CT molecular complexity index is 1100. The van der Waals surface area contributed by atoms with Gasteiger partial charge in [0.05, 0.1) is 30.3 Å². The van der Waals surface area contributed by atoms with Gasteiger partial charge >= 0.3 is 5.97 Å².